The van der Waals surface area contributed by atoms with E-state index in [1.54, 1.807) is 38.1 Å². The Labute approximate surface area is 110 Å². The van der Waals surface area contributed by atoms with Gasteiger partial charge in [0.1, 0.15) is 23.7 Å². The van der Waals surface area contributed by atoms with Gasteiger partial charge in [0.2, 0.25) is 5.91 Å². The fourth-order valence-corrected chi connectivity index (χ4v) is 1.42. The van der Waals surface area contributed by atoms with E-state index in [1.165, 1.54) is 0 Å². The van der Waals surface area contributed by atoms with Gasteiger partial charge in [0.05, 0.1) is 0 Å². The van der Waals surface area contributed by atoms with E-state index in [0.717, 1.165) is 5.69 Å². The highest BCUT2D eigenvalue weighted by Crippen LogP contribution is 2.17. The van der Waals surface area contributed by atoms with E-state index in [4.69, 9.17) is 4.74 Å². The molecule has 0 spiro atoms. The second-order valence-corrected chi connectivity index (χ2v) is 4.01. The average Bonchev–Trinajstić information content (AvgIpc) is 2.83. The van der Waals surface area contributed by atoms with Crippen LogP contribution in [0.3, 0.4) is 0 Å². The Balaban J connectivity index is 1.92. The minimum Gasteiger partial charge on any atom is -0.487 e. The van der Waals surface area contributed by atoms with E-state index in [2.05, 4.69) is 20.3 Å². The van der Waals surface area contributed by atoms with Crippen molar-refractivity contribution in [1.82, 2.24) is 10.3 Å². The number of ether oxygens (including phenoxy) is 1. The topological polar surface area (TPSA) is 77.2 Å². The molecular formula is C13H15N3O3. The third-order valence-corrected chi connectivity index (χ3v) is 2.58. The third kappa shape index (κ3) is 3.54. The summed E-state index contributed by atoms with van der Waals surface area (Å²) >= 11 is 0. The van der Waals surface area contributed by atoms with Crippen molar-refractivity contribution in [2.24, 2.45) is 0 Å². The predicted octanol–water partition coefficient (Wildman–Crippen LogP) is 2.31. The number of benzene rings is 1. The number of aryl methyl sites for hydroxylation is 1. The first-order valence-electron chi connectivity index (χ1n) is 5.99. The number of rotatable bonds is 5. The number of anilines is 1. The molecule has 1 amide bonds. The summed E-state index contributed by atoms with van der Waals surface area (Å²) in [6, 6.07) is 7.15. The van der Waals surface area contributed by atoms with Gasteiger partial charge in [-0.2, -0.15) is 0 Å². The maximum Gasteiger partial charge on any atom is 0.224 e. The van der Waals surface area contributed by atoms with Crippen LogP contribution in [-0.4, -0.2) is 16.2 Å². The fraction of sp³-hybridized carbons (Fsp3) is 0.308. The molecule has 0 aliphatic carbocycles. The van der Waals surface area contributed by atoms with Crippen LogP contribution < -0.4 is 10.1 Å². The summed E-state index contributed by atoms with van der Waals surface area (Å²) in [6.45, 7) is 3.91. The largest absolute Gasteiger partial charge is 0.487 e. The van der Waals surface area contributed by atoms with Gasteiger partial charge in [-0.1, -0.05) is 17.2 Å². The molecule has 0 saturated carbocycles. The van der Waals surface area contributed by atoms with Gasteiger partial charge < -0.3 is 10.1 Å². The van der Waals surface area contributed by atoms with E-state index < -0.39 is 0 Å². The molecule has 2 aromatic rings. The molecule has 0 fully saturated rings. The third-order valence-electron chi connectivity index (χ3n) is 2.58. The molecule has 19 heavy (non-hydrogen) atoms. The summed E-state index contributed by atoms with van der Waals surface area (Å²) in [5.41, 5.74) is 2.13. The number of amides is 1. The van der Waals surface area contributed by atoms with Gasteiger partial charge in [-0.15, -0.1) is 0 Å². The minimum absolute atomic E-state index is 0.0158. The smallest absolute Gasteiger partial charge is 0.224 e. The molecule has 0 aliphatic rings. The first-order chi connectivity index (χ1) is 9.19. The van der Waals surface area contributed by atoms with Crippen molar-refractivity contribution in [1.29, 1.82) is 0 Å². The van der Waals surface area contributed by atoms with Gasteiger partial charge in [0, 0.05) is 12.1 Å². The summed E-state index contributed by atoms with van der Waals surface area (Å²) < 4.78 is 10.1. The van der Waals surface area contributed by atoms with Crippen LogP contribution in [0.1, 0.15) is 24.7 Å². The lowest BCUT2D eigenvalue weighted by atomic mass is 10.3. The SMILES string of the molecule is CCC(=O)Nc1ccc(OCc2nonc2C)cc1. The van der Waals surface area contributed by atoms with Crippen LogP contribution in [0.25, 0.3) is 0 Å². The molecule has 6 nitrogen and oxygen atoms in total. The van der Waals surface area contributed by atoms with Crippen molar-refractivity contribution in [3.8, 4) is 5.75 Å². The number of nitrogens with zero attached hydrogens (tertiary/aromatic N) is 2. The molecule has 1 N–H and O–H groups in total. The molecule has 6 heteroatoms. The van der Waals surface area contributed by atoms with E-state index in [-0.39, 0.29) is 5.91 Å². The lowest BCUT2D eigenvalue weighted by Gasteiger charge is -2.06. The van der Waals surface area contributed by atoms with Crippen LogP contribution in [0.4, 0.5) is 5.69 Å². The molecule has 2 rings (SSSR count). The number of aromatic nitrogens is 2. The predicted molar refractivity (Wildman–Crippen MR) is 68.7 cm³/mol. The second kappa shape index (κ2) is 5.99. The average molecular weight is 261 g/mol. The second-order valence-electron chi connectivity index (χ2n) is 4.01. The van der Waals surface area contributed by atoms with Crippen LogP contribution in [0.2, 0.25) is 0 Å². The first-order valence-corrected chi connectivity index (χ1v) is 5.99. The molecule has 100 valence electrons. The zero-order valence-electron chi connectivity index (χ0n) is 10.8. The fourth-order valence-electron chi connectivity index (χ4n) is 1.42. The van der Waals surface area contributed by atoms with Crippen molar-refractivity contribution in [3.63, 3.8) is 0 Å². The number of nitrogens with one attached hydrogen (secondary N) is 1. The standard InChI is InChI=1S/C13H15N3O3/c1-3-13(17)14-10-4-6-11(7-5-10)18-8-12-9(2)15-19-16-12/h4-7H,3,8H2,1-2H3,(H,14,17). The van der Waals surface area contributed by atoms with Crippen molar-refractivity contribution >= 4 is 11.6 Å². The Hall–Kier alpha value is -2.37. The first kappa shape index (κ1) is 13.1. The van der Waals surface area contributed by atoms with E-state index in [1.807, 2.05) is 0 Å². The Morgan fingerprint density at radius 1 is 1.32 bits per heavy atom. The molecule has 1 heterocycles. The lowest BCUT2D eigenvalue weighted by molar-refractivity contribution is -0.115. The molecule has 0 atom stereocenters. The molecule has 0 aliphatic heterocycles. The normalized spacial score (nSPS) is 10.2. The van der Waals surface area contributed by atoms with Gasteiger partial charge in [0.15, 0.2) is 0 Å². The number of hydrogen-bond acceptors (Lipinski definition) is 5. The Morgan fingerprint density at radius 3 is 2.63 bits per heavy atom. The summed E-state index contributed by atoms with van der Waals surface area (Å²) in [4.78, 5) is 11.2. The highest BCUT2D eigenvalue weighted by molar-refractivity contribution is 5.90. The zero-order chi connectivity index (χ0) is 13.7. The highest BCUT2D eigenvalue weighted by Gasteiger charge is 2.06. The van der Waals surface area contributed by atoms with Gasteiger partial charge in [0.25, 0.3) is 0 Å². The van der Waals surface area contributed by atoms with Crippen molar-refractivity contribution < 1.29 is 14.2 Å². The summed E-state index contributed by atoms with van der Waals surface area (Å²) in [6.07, 6.45) is 0.455. The summed E-state index contributed by atoms with van der Waals surface area (Å²) in [7, 11) is 0. The lowest BCUT2D eigenvalue weighted by Crippen LogP contribution is -2.09. The Bertz CT molecular complexity index is 549. The molecule has 1 aromatic heterocycles. The molecular weight excluding hydrogens is 246 g/mol. The maximum absolute atomic E-state index is 11.2. The van der Waals surface area contributed by atoms with Crippen LogP contribution in [0.5, 0.6) is 5.75 Å². The van der Waals surface area contributed by atoms with Crippen molar-refractivity contribution in [2.75, 3.05) is 5.32 Å². The van der Waals surface area contributed by atoms with Gasteiger partial charge in [-0.25, -0.2) is 4.63 Å². The molecule has 0 saturated heterocycles. The minimum atomic E-state index is -0.0158. The van der Waals surface area contributed by atoms with E-state index in [0.29, 0.717) is 30.2 Å². The summed E-state index contributed by atoms with van der Waals surface area (Å²) in [5.74, 6) is 0.676. The van der Waals surface area contributed by atoms with Gasteiger partial charge in [-0.3, -0.25) is 4.79 Å². The van der Waals surface area contributed by atoms with Crippen LogP contribution in [0, 0.1) is 6.92 Å². The van der Waals surface area contributed by atoms with Crippen molar-refractivity contribution in [3.05, 3.63) is 35.7 Å². The molecule has 0 unspecified atom stereocenters. The maximum atomic E-state index is 11.2. The Kier molecular flexibility index (Phi) is 4.12. The number of hydrogen-bond donors (Lipinski definition) is 1. The molecule has 1 aromatic carbocycles. The van der Waals surface area contributed by atoms with Gasteiger partial charge >= 0.3 is 0 Å². The highest BCUT2D eigenvalue weighted by atomic mass is 16.6. The summed E-state index contributed by atoms with van der Waals surface area (Å²) in [5, 5.41) is 10.2. The van der Waals surface area contributed by atoms with Gasteiger partial charge in [-0.05, 0) is 31.2 Å². The zero-order valence-corrected chi connectivity index (χ0v) is 10.8. The van der Waals surface area contributed by atoms with E-state index >= 15 is 0 Å². The van der Waals surface area contributed by atoms with E-state index in [9.17, 15) is 4.79 Å². The quantitative estimate of drug-likeness (QED) is 0.893. The number of carbonyl (C=O) groups is 1. The van der Waals surface area contributed by atoms with Crippen LogP contribution in [-0.2, 0) is 11.4 Å². The monoisotopic (exact) mass is 261 g/mol. The van der Waals surface area contributed by atoms with Crippen molar-refractivity contribution in [2.45, 2.75) is 26.9 Å². The number of carbonyl (C=O) groups excluding carboxylic acids is 1. The van der Waals surface area contributed by atoms with Crippen LogP contribution >= 0.6 is 0 Å². The molecule has 0 bridgehead atoms. The molecule has 0 radical (unpaired) electrons. The van der Waals surface area contributed by atoms with Crippen LogP contribution in [0.15, 0.2) is 28.9 Å². The Morgan fingerprint density at radius 2 is 2.05 bits per heavy atom.